The number of rotatable bonds is 13. The number of esters is 1. The number of halogens is 1. The zero-order valence-electron chi connectivity index (χ0n) is 28.7. The molecule has 49 heavy (non-hydrogen) atoms. The number of benzene rings is 3. The highest BCUT2D eigenvalue weighted by atomic mass is 19.1. The van der Waals surface area contributed by atoms with E-state index in [0.717, 1.165) is 18.5 Å². The second kappa shape index (κ2) is 17.1. The fourth-order valence-corrected chi connectivity index (χ4v) is 5.94. The number of carbonyl (C=O) groups is 4. The van der Waals surface area contributed by atoms with Gasteiger partial charge in [0.15, 0.2) is 0 Å². The molecule has 4 rings (SSSR count). The van der Waals surface area contributed by atoms with Crippen LogP contribution in [0.2, 0.25) is 0 Å². The van der Waals surface area contributed by atoms with Gasteiger partial charge in [-0.05, 0) is 68.9 Å². The van der Waals surface area contributed by atoms with Crippen LogP contribution in [0.3, 0.4) is 0 Å². The number of carbonyl (C=O) groups excluding carboxylic acids is 4. The molecule has 2 N–H and O–H groups in total. The molecule has 3 aromatic carbocycles. The molecule has 0 unspecified atom stereocenters. The number of alkyl carbamates (subject to hydrolysis) is 1. The topological polar surface area (TPSA) is 117 Å². The van der Waals surface area contributed by atoms with Gasteiger partial charge in [0.25, 0.3) is 0 Å². The molecule has 0 saturated carbocycles. The van der Waals surface area contributed by atoms with Crippen molar-refractivity contribution in [3.63, 3.8) is 0 Å². The van der Waals surface area contributed by atoms with Crippen LogP contribution >= 0.6 is 0 Å². The first-order valence-corrected chi connectivity index (χ1v) is 16.6. The van der Waals surface area contributed by atoms with Crippen molar-refractivity contribution in [3.8, 4) is 0 Å². The second-order valence-corrected chi connectivity index (χ2v) is 13.3. The number of likely N-dealkylation sites (tertiary alicyclic amines) is 1. The summed E-state index contributed by atoms with van der Waals surface area (Å²) in [5.74, 6) is -2.19. The van der Waals surface area contributed by atoms with Crippen molar-refractivity contribution in [1.82, 2.24) is 20.4 Å². The molecule has 1 saturated heterocycles. The number of amides is 3. The van der Waals surface area contributed by atoms with Gasteiger partial charge in [-0.15, -0.1) is 0 Å². The quantitative estimate of drug-likeness (QED) is 0.245. The van der Waals surface area contributed by atoms with E-state index in [1.54, 1.807) is 32.9 Å². The Hall–Kier alpha value is -4.77. The number of nitrogens with one attached hydrogen (secondary N) is 2. The van der Waals surface area contributed by atoms with Crippen LogP contribution in [-0.2, 0) is 43.4 Å². The van der Waals surface area contributed by atoms with Crippen LogP contribution in [0.1, 0.15) is 56.7 Å². The first-order chi connectivity index (χ1) is 23.4. The minimum atomic E-state index is -1.40. The average molecular weight is 675 g/mol. The summed E-state index contributed by atoms with van der Waals surface area (Å²) in [6, 6.07) is 23.9. The molecule has 262 valence electrons. The van der Waals surface area contributed by atoms with E-state index in [4.69, 9.17) is 9.47 Å². The molecule has 3 amide bonds. The molecule has 11 heteroatoms. The first kappa shape index (κ1) is 37.1. The Bertz CT molecular complexity index is 1540. The highest BCUT2D eigenvalue weighted by molar-refractivity contribution is 5.96. The normalized spacial score (nSPS) is 15.0. The predicted octanol–water partition coefficient (Wildman–Crippen LogP) is 5.00. The van der Waals surface area contributed by atoms with Gasteiger partial charge in [0.1, 0.15) is 23.0 Å². The van der Waals surface area contributed by atoms with Crippen LogP contribution in [0, 0.1) is 5.82 Å². The molecule has 0 aliphatic carbocycles. The molecule has 1 aliphatic heterocycles. The summed E-state index contributed by atoms with van der Waals surface area (Å²) in [5.41, 5.74) is 0.422. The monoisotopic (exact) mass is 674 g/mol. The fourth-order valence-electron chi connectivity index (χ4n) is 5.94. The van der Waals surface area contributed by atoms with Crippen LogP contribution in [-0.4, -0.2) is 77.6 Å². The summed E-state index contributed by atoms with van der Waals surface area (Å²) in [5, 5.41) is 5.62. The van der Waals surface area contributed by atoms with Crippen molar-refractivity contribution in [1.29, 1.82) is 0 Å². The van der Waals surface area contributed by atoms with Gasteiger partial charge in [-0.1, -0.05) is 72.8 Å². The van der Waals surface area contributed by atoms with Crippen molar-refractivity contribution in [3.05, 3.63) is 107 Å². The smallest absolute Gasteiger partial charge is 0.408 e. The SMILES string of the molecule is COC(=O)C[C@H](NC(=O)OC(C)(C)C)C(=O)N(Cc1ccc(F)cc1)C1(C(=O)NCc2ccccc2)CCN(CCc2ccccc2)CC1. The van der Waals surface area contributed by atoms with E-state index in [1.165, 1.54) is 29.7 Å². The largest absolute Gasteiger partial charge is 0.469 e. The molecular formula is C38H47FN4O6. The lowest BCUT2D eigenvalue weighted by Gasteiger charge is -2.48. The lowest BCUT2D eigenvalue weighted by atomic mass is 9.83. The molecule has 0 aromatic heterocycles. The summed E-state index contributed by atoms with van der Waals surface area (Å²) in [6.45, 7) is 7.00. The Kier molecular flexibility index (Phi) is 12.9. The Morgan fingerprint density at radius 3 is 2.04 bits per heavy atom. The molecule has 1 atom stereocenters. The molecule has 0 radical (unpaired) electrons. The average Bonchev–Trinajstić information content (AvgIpc) is 3.09. The van der Waals surface area contributed by atoms with Crippen LogP contribution in [0.5, 0.6) is 0 Å². The summed E-state index contributed by atoms with van der Waals surface area (Å²) in [7, 11) is 1.19. The van der Waals surface area contributed by atoms with E-state index in [2.05, 4.69) is 27.7 Å². The second-order valence-electron chi connectivity index (χ2n) is 13.3. The molecule has 0 bridgehead atoms. The van der Waals surface area contributed by atoms with Crippen molar-refractivity contribution in [2.24, 2.45) is 0 Å². The predicted molar refractivity (Wildman–Crippen MR) is 184 cm³/mol. The number of nitrogens with zero attached hydrogens (tertiary/aromatic N) is 2. The summed E-state index contributed by atoms with van der Waals surface area (Å²) in [6.07, 6.45) is 0.0152. The number of hydrogen-bond acceptors (Lipinski definition) is 7. The molecule has 1 aliphatic rings. The number of hydrogen-bond donors (Lipinski definition) is 2. The minimum Gasteiger partial charge on any atom is -0.469 e. The van der Waals surface area contributed by atoms with Gasteiger partial charge >= 0.3 is 12.1 Å². The lowest BCUT2D eigenvalue weighted by molar-refractivity contribution is -0.156. The van der Waals surface area contributed by atoms with Gasteiger partial charge in [-0.3, -0.25) is 14.4 Å². The standard InChI is InChI=1S/C38H47FN4O6/c1-37(2,3)49-36(47)41-32(25-33(44)48-4)34(45)43(27-30-15-17-31(39)18-16-30)38(35(46)40-26-29-13-9-6-10-14-29)20-23-42(24-21-38)22-19-28-11-7-5-8-12-28/h5-18,32H,19-27H2,1-4H3,(H,40,46)(H,41,47)/t32-/m0/s1. The zero-order valence-corrected chi connectivity index (χ0v) is 28.7. The van der Waals surface area contributed by atoms with Crippen LogP contribution in [0.4, 0.5) is 9.18 Å². The van der Waals surface area contributed by atoms with E-state index < -0.39 is 47.4 Å². The van der Waals surface area contributed by atoms with Crippen LogP contribution < -0.4 is 10.6 Å². The summed E-state index contributed by atoms with van der Waals surface area (Å²) < 4.78 is 24.3. The van der Waals surface area contributed by atoms with Crippen molar-refractivity contribution < 1.29 is 33.0 Å². The third-order valence-electron chi connectivity index (χ3n) is 8.59. The van der Waals surface area contributed by atoms with E-state index in [9.17, 15) is 23.6 Å². The third kappa shape index (κ3) is 10.9. The molecule has 1 heterocycles. The van der Waals surface area contributed by atoms with Crippen molar-refractivity contribution >= 4 is 23.9 Å². The van der Waals surface area contributed by atoms with E-state index in [1.807, 2.05) is 48.5 Å². The van der Waals surface area contributed by atoms with Gasteiger partial charge in [0.05, 0.1) is 13.5 Å². The highest BCUT2D eigenvalue weighted by Gasteiger charge is 2.50. The highest BCUT2D eigenvalue weighted by Crippen LogP contribution is 2.33. The van der Waals surface area contributed by atoms with Gasteiger partial charge < -0.3 is 29.9 Å². The summed E-state index contributed by atoms with van der Waals surface area (Å²) >= 11 is 0. The minimum absolute atomic E-state index is 0.0739. The zero-order chi connectivity index (χ0) is 35.4. The number of piperidine rings is 1. The summed E-state index contributed by atoms with van der Waals surface area (Å²) in [4.78, 5) is 58.5. The Labute approximate surface area is 287 Å². The lowest BCUT2D eigenvalue weighted by Crippen LogP contribution is -2.67. The third-order valence-corrected chi connectivity index (χ3v) is 8.59. The maximum Gasteiger partial charge on any atom is 0.408 e. The van der Waals surface area contributed by atoms with Gasteiger partial charge in [-0.25, -0.2) is 9.18 Å². The number of ether oxygens (including phenoxy) is 2. The Morgan fingerprint density at radius 2 is 1.47 bits per heavy atom. The van der Waals surface area contributed by atoms with Gasteiger partial charge in [0.2, 0.25) is 11.8 Å². The first-order valence-electron chi connectivity index (χ1n) is 16.6. The molecule has 1 fully saturated rings. The number of methoxy groups -OCH3 is 1. The Balaban J connectivity index is 1.70. The van der Waals surface area contributed by atoms with Crippen LogP contribution in [0.15, 0.2) is 84.9 Å². The van der Waals surface area contributed by atoms with Gasteiger partial charge in [-0.2, -0.15) is 0 Å². The van der Waals surface area contributed by atoms with Crippen molar-refractivity contribution in [2.75, 3.05) is 26.7 Å². The maximum atomic E-state index is 14.7. The molecule has 3 aromatic rings. The van der Waals surface area contributed by atoms with Crippen LogP contribution in [0.25, 0.3) is 0 Å². The van der Waals surface area contributed by atoms with Crippen molar-refractivity contribution in [2.45, 2.75) is 76.7 Å². The molecular weight excluding hydrogens is 627 g/mol. The van der Waals surface area contributed by atoms with E-state index in [-0.39, 0.29) is 31.8 Å². The fraction of sp³-hybridized carbons (Fsp3) is 0.421. The Morgan fingerprint density at radius 1 is 0.878 bits per heavy atom. The van der Waals surface area contributed by atoms with Gasteiger partial charge in [0, 0.05) is 32.7 Å². The van der Waals surface area contributed by atoms with E-state index in [0.29, 0.717) is 18.7 Å². The van der Waals surface area contributed by atoms with E-state index >= 15 is 0 Å². The molecule has 10 nitrogen and oxygen atoms in total. The molecule has 0 spiro atoms. The maximum absolute atomic E-state index is 14.7.